The van der Waals surface area contributed by atoms with Gasteiger partial charge in [0.25, 0.3) is 0 Å². The molecular formula is C15H20FNOS. The van der Waals surface area contributed by atoms with Crippen LogP contribution in [0.25, 0.3) is 0 Å². The van der Waals surface area contributed by atoms with Crippen molar-refractivity contribution in [2.24, 2.45) is 0 Å². The van der Waals surface area contributed by atoms with Gasteiger partial charge in [-0.25, -0.2) is 4.39 Å². The maximum atomic E-state index is 14.0. The lowest BCUT2D eigenvalue weighted by atomic mass is 10.2. The van der Waals surface area contributed by atoms with E-state index in [-0.39, 0.29) is 5.82 Å². The second-order valence-corrected chi connectivity index (χ2v) is 6.64. The van der Waals surface area contributed by atoms with Crippen molar-refractivity contribution in [3.05, 3.63) is 29.6 Å². The molecule has 1 N–H and O–H groups in total. The zero-order valence-electron chi connectivity index (χ0n) is 11.0. The van der Waals surface area contributed by atoms with E-state index in [1.54, 1.807) is 6.07 Å². The maximum Gasteiger partial charge on any atom is 0.128 e. The highest BCUT2D eigenvalue weighted by Gasteiger charge is 2.22. The molecule has 0 radical (unpaired) electrons. The Morgan fingerprint density at radius 3 is 2.74 bits per heavy atom. The van der Waals surface area contributed by atoms with Gasteiger partial charge in [0.1, 0.15) is 5.82 Å². The predicted octanol–water partition coefficient (Wildman–Crippen LogP) is 3.35. The van der Waals surface area contributed by atoms with Gasteiger partial charge in [-0.15, -0.1) is 11.8 Å². The third-order valence-corrected chi connectivity index (χ3v) is 5.12. The molecule has 1 saturated carbocycles. The molecule has 19 heavy (non-hydrogen) atoms. The fourth-order valence-electron chi connectivity index (χ4n) is 2.33. The van der Waals surface area contributed by atoms with Crippen molar-refractivity contribution in [1.29, 1.82) is 0 Å². The highest BCUT2D eigenvalue weighted by atomic mass is 32.2. The third-order valence-electron chi connectivity index (χ3n) is 3.68. The highest BCUT2D eigenvalue weighted by Crippen LogP contribution is 2.33. The zero-order valence-corrected chi connectivity index (χ0v) is 11.8. The van der Waals surface area contributed by atoms with Crippen LogP contribution in [0.3, 0.4) is 0 Å². The standard InChI is InChI=1S/C15H20FNOS/c16-14-2-1-3-15(13(14)10-17-11-4-5-11)19-12-6-8-18-9-7-12/h1-3,11-12,17H,4-10H2. The minimum atomic E-state index is -0.0785. The van der Waals surface area contributed by atoms with E-state index in [9.17, 15) is 4.39 Å². The number of nitrogens with one attached hydrogen (secondary N) is 1. The summed E-state index contributed by atoms with van der Waals surface area (Å²) in [6.45, 7) is 2.33. The van der Waals surface area contributed by atoms with Gasteiger partial charge in [-0.05, 0) is 37.8 Å². The van der Waals surface area contributed by atoms with Gasteiger partial charge in [-0.3, -0.25) is 0 Å². The van der Waals surface area contributed by atoms with Gasteiger partial charge >= 0.3 is 0 Å². The molecule has 0 bridgehead atoms. The van der Waals surface area contributed by atoms with E-state index in [0.717, 1.165) is 36.5 Å². The van der Waals surface area contributed by atoms with Crippen LogP contribution in [0.1, 0.15) is 31.2 Å². The van der Waals surface area contributed by atoms with Gasteiger partial charge in [-0.1, -0.05) is 6.07 Å². The van der Waals surface area contributed by atoms with E-state index in [1.807, 2.05) is 23.9 Å². The number of thioether (sulfide) groups is 1. The molecule has 0 unspecified atom stereocenters. The normalized spacial score (nSPS) is 20.7. The van der Waals surface area contributed by atoms with Crippen molar-refractivity contribution >= 4 is 11.8 Å². The Balaban J connectivity index is 1.68. The molecule has 3 rings (SSSR count). The Kier molecular flexibility index (Phi) is 4.41. The van der Waals surface area contributed by atoms with Crippen LogP contribution in [-0.2, 0) is 11.3 Å². The highest BCUT2D eigenvalue weighted by molar-refractivity contribution is 8.00. The van der Waals surface area contributed by atoms with Crippen LogP contribution in [0.2, 0.25) is 0 Å². The molecule has 2 aliphatic rings. The van der Waals surface area contributed by atoms with Crippen LogP contribution in [-0.4, -0.2) is 24.5 Å². The van der Waals surface area contributed by atoms with Crippen LogP contribution in [0.5, 0.6) is 0 Å². The molecule has 1 saturated heterocycles. The molecule has 1 aromatic rings. The van der Waals surface area contributed by atoms with Crippen LogP contribution in [0, 0.1) is 5.82 Å². The minimum absolute atomic E-state index is 0.0785. The number of benzene rings is 1. The smallest absolute Gasteiger partial charge is 0.128 e. The summed E-state index contributed by atoms with van der Waals surface area (Å²) in [6, 6.07) is 6.04. The van der Waals surface area contributed by atoms with Gasteiger partial charge in [0.2, 0.25) is 0 Å². The second-order valence-electron chi connectivity index (χ2n) is 5.30. The maximum absolute atomic E-state index is 14.0. The van der Waals surface area contributed by atoms with Gasteiger partial charge in [0, 0.05) is 41.5 Å². The topological polar surface area (TPSA) is 21.3 Å². The molecule has 1 aromatic carbocycles. The first-order valence-electron chi connectivity index (χ1n) is 7.08. The average molecular weight is 281 g/mol. The SMILES string of the molecule is Fc1cccc(SC2CCOCC2)c1CNC1CC1. The molecule has 0 spiro atoms. The lowest BCUT2D eigenvalue weighted by Crippen LogP contribution is -2.19. The number of ether oxygens (including phenoxy) is 1. The Bertz CT molecular complexity index is 430. The summed E-state index contributed by atoms with van der Waals surface area (Å²) in [4.78, 5) is 1.10. The molecule has 0 amide bonds. The molecule has 1 aliphatic carbocycles. The van der Waals surface area contributed by atoms with Gasteiger partial charge in [0.15, 0.2) is 0 Å². The monoisotopic (exact) mass is 281 g/mol. The van der Waals surface area contributed by atoms with Crippen LogP contribution >= 0.6 is 11.8 Å². The van der Waals surface area contributed by atoms with E-state index >= 15 is 0 Å². The first-order valence-corrected chi connectivity index (χ1v) is 7.96. The quantitative estimate of drug-likeness (QED) is 0.894. The Morgan fingerprint density at radius 2 is 2.00 bits per heavy atom. The molecular weight excluding hydrogens is 261 g/mol. The fourth-order valence-corrected chi connectivity index (χ4v) is 3.58. The minimum Gasteiger partial charge on any atom is -0.381 e. The Morgan fingerprint density at radius 1 is 1.21 bits per heavy atom. The molecule has 4 heteroatoms. The van der Waals surface area contributed by atoms with E-state index in [0.29, 0.717) is 17.8 Å². The van der Waals surface area contributed by atoms with Crippen LogP contribution < -0.4 is 5.32 Å². The van der Waals surface area contributed by atoms with E-state index < -0.39 is 0 Å². The Labute approximate surface area is 118 Å². The molecule has 2 nitrogen and oxygen atoms in total. The van der Waals surface area contributed by atoms with Gasteiger partial charge in [-0.2, -0.15) is 0 Å². The lowest BCUT2D eigenvalue weighted by Gasteiger charge is -2.22. The predicted molar refractivity (Wildman–Crippen MR) is 76.0 cm³/mol. The first-order chi connectivity index (χ1) is 9.33. The molecule has 0 atom stereocenters. The van der Waals surface area contributed by atoms with Crippen molar-refractivity contribution in [2.45, 2.75) is 48.4 Å². The summed E-state index contributed by atoms with van der Waals surface area (Å²) in [5.74, 6) is -0.0785. The van der Waals surface area contributed by atoms with E-state index in [4.69, 9.17) is 4.74 Å². The van der Waals surface area contributed by atoms with Gasteiger partial charge in [0.05, 0.1) is 0 Å². The molecule has 104 valence electrons. The zero-order chi connectivity index (χ0) is 13.1. The number of hydrogen-bond acceptors (Lipinski definition) is 3. The number of rotatable bonds is 5. The summed E-state index contributed by atoms with van der Waals surface area (Å²) in [5, 5.41) is 3.98. The lowest BCUT2D eigenvalue weighted by molar-refractivity contribution is 0.1000. The summed E-state index contributed by atoms with van der Waals surface area (Å²) in [7, 11) is 0. The Hall–Kier alpha value is -0.580. The first kappa shape index (κ1) is 13.4. The summed E-state index contributed by atoms with van der Waals surface area (Å²) < 4.78 is 19.4. The second kappa shape index (κ2) is 6.25. The van der Waals surface area contributed by atoms with Crippen LogP contribution in [0.15, 0.2) is 23.1 Å². The fraction of sp³-hybridized carbons (Fsp3) is 0.600. The number of halogens is 1. The summed E-state index contributed by atoms with van der Waals surface area (Å²) in [6.07, 6.45) is 4.60. The van der Waals surface area contributed by atoms with E-state index in [1.165, 1.54) is 12.8 Å². The van der Waals surface area contributed by atoms with Crippen molar-refractivity contribution in [1.82, 2.24) is 5.32 Å². The molecule has 1 aliphatic heterocycles. The van der Waals surface area contributed by atoms with Crippen molar-refractivity contribution < 1.29 is 9.13 Å². The average Bonchev–Trinajstić information content (AvgIpc) is 3.23. The van der Waals surface area contributed by atoms with Crippen molar-refractivity contribution in [3.8, 4) is 0 Å². The van der Waals surface area contributed by atoms with Crippen LogP contribution in [0.4, 0.5) is 4.39 Å². The molecule has 0 aromatic heterocycles. The van der Waals surface area contributed by atoms with Crippen molar-refractivity contribution in [2.75, 3.05) is 13.2 Å². The molecule has 2 fully saturated rings. The largest absolute Gasteiger partial charge is 0.381 e. The molecule has 1 heterocycles. The van der Waals surface area contributed by atoms with E-state index in [2.05, 4.69) is 5.32 Å². The third kappa shape index (κ3) is 3.71. The number of hydrogen-bond donors (Lipinski definition) is 1. The van der Waals surface area contributed by atoms with Crippen molar-refractivity contribution in [3.63, 3.8) is 0 Å². The van der Waals surface area contributed by atoms with Gasteiger partial charge < -0.3 is 10.1 Å². The summed E-state index contributed by atoms with van der Waals surface area (Å²) >= 11 is 1.82. The summed E-state index contributed by atoms with van der Waals surface area (Å²) in [5.41, 5.74) is 0.839.